The normalized spacial score (nSPS) is 17.5. The maximum absolute atomic E-state index is 14.7. The average molecular weight is 567 g/mol. The Balaban J connectivity index is 1.38. The molecule has 0 heterocycles. The molecule has 3 nitrogen and oxygen atoms in total. The van der Waals surface area contributed by atoms with Gasteiger partial charge in [0.05, 0.1) is 6.61 Å². The zero-order chi connectivity index (χ0) is 28.9. The number of alkyl halides is 2. The summed E-state index contributed by atoms with van der Waals surface area (Å²) in [6.07, 6.45) is 3.01. The van der Waals surface area contributed by atoms with Crippen molar-refractivity contribution >= 4 is 0 Å². The van der Waals surface area contributed by atoms with Gasteiger partial charge in [0.15, 0.2) is 29.7 Å². The van der Waals surface area contributed by atoms with E-state index in [-0.39, 0.29) is 18.1 Å². The van der Waals surface area contributed by atoms with E-state index in [0.717, 1.165) is 61.4 Å². The topological polar surface area (TPSA) is 27.7 Å². The van der Waals surface area contributed by atoms with E-state index in [2.05, 4.69) is 6.92 Å². The van der Waals surface area contributed by atoms with Gasteiger partial charge in [0.25, 0.3) is 0 Å². The minimum Gasteiger partial charge on any atom is -0.491 e. The van der Waals surface area contributed by atoms with Crippen LogP contribution in [-0.2, 0) is 0 Å². The molecule has 0 bridgehead atoms. The average Bonchev–Trinajstić information content (AvgIpc) is 2.94. The van der Waals surface area contributed by atoms with Gasteiger partial charge in [0, 0.05) is 11.1 Å². The molecular formula is C31H32F6O3. The van der Waals surface area contributed by atoms with E-state index < -0.39 is 52.9 Å². The van der Waals surface area contributed by atoms with Crippen LogP contribution >= 0.6 is 0 Å². The molecule has 1 aliphatic rings. The molecule has 0 amide bonds. The molecule has 1 saturated carbocycles. The van der Waals surface area contributed by atoms with Crippen molar-refractivity contribution in [1.82, 2.24) is 0 Å². The molecule has 3 aromatic carbocycles. The number of benzene rings is 3. The predicted molar refractivity (Wildman–Crippen MR) is 140 cm³/mol. The second-order valence-electron chi connectivity index (χ2n) is 10.0. The number of ether oxygens (including phenoxy) is 3. The number of hydrogen-bond donors (Lipinski definition) is 0. The Hall–Kier alpha value is -3.36. The van der Waals surface area contributed by atoms with Crippen LogP contribution in [0.5, 0.6) is 17.2 Å². The molecule has 0 atom stereocenters. The summed E-state index contributed by atoms with van der Waals surface area (Å²) in [5.41, 5.74) is -0.0930. The lowest BCUT2D eigenvalue weighted by molar-refractivity contribution is -0.195. The molecule has 4 rings (SSSR count). The predicted octanol–water partition coefficient (Wildman–Crippen LogP) is 9.43. The van der Waals surface area contributed by atoms with Crippen LogP contribution in [0.25, 0.3) is 11.1 Å². The SMILES string of the molecule is CCC[C@H]1CC[C@H](c2ccc(OC(F)(F)COc3ccc(-c4ccc(OCC)c(F)c4F)c(F)c3F)cc2)CC1. The lowest BCUT2D eigenvalue weighted by Crippen LogP contribution is -2.32. The second kappa shape index (κ2) is 12.9. The maximum atomic E-state index is 14.7. The summed E-state index contributed by atoms with van der Waals surface area (Å²) in [5.74, 6) is -6.15. The van der Waals surface area contributed by atoms with Gasteiger partial charge < -0.3 is 14.2 Å². The van der Waals surface area contributed by atoms with Gasteiger partial charge >= 0.3 is 6.11 Å². The first-order valence-electron chi connectivity index (χ1n) is 13.5. The first kappa shape index (κ1) is 29.6. The third-order valence-electron chi connectivity index (χ3n) is 7.24. The van der Waals surface area contributed by atoms with E-state index in [4.69, 9.17) is 14.2 Å². The molecule has 9 heteroatoms. The van der Waals surface area contributed by atoms with Crippen LogP contribution in [0, 0.1) is 29.2 Å². The van der Waals surface area contributed by atoms with Crippen molar-refractivity contribution in [3.63, 3.8) is 0 Å². The number of halogens is 6. The second-order valence-corrected chi connectivity index (χ2v) is 10.0. The molecule has 0 unspecified atom stereocenters. The zero-order valence-electron chi connectivity index (χ0n) is 22.4. The van der Waals surface area contributed by atoms with E-state index in [1.165, 1.54) is 25.0 Å². The molecule has 0 spiro atoms. The fourth-order valence-electron chi connectivity index (χ4n) is 5.22. The standard InChI is InChI=1S/C31H32F6O3/c1-3-5-19-6-8-20(9-7-19)21-10-12-22(13-11-21)40-31(36,37)18-39-26-17-15-24(28(33)30(26)35)23-14-16-25(38-4-2)29(34)27(23)32/h10-17,19-20H,3-9,18H2,1-2H3/t19-,20-. The zero-order valence-corrected chi connectivity index (χ0v) is 22.4. The molecule has 0 aliphatic heterocycles. The smallest absolute Gasteiger partial charge is 0.432 e. The first-order chi connectivity index (χ1) is 19.1. The Morgan fingerprint density at radius 2 is 1.25 bits per heavy atom. The van der Waals surface area contributed by atoms with E-state index in [9.17, 15) is 26.3 Å². The van der Waals surface area contributed by atoms with Crippen LogP contribution in [0.1, 0.15) is 63.9 Å². The van der Waals surface area contributed by atoms with Crippen molar-refractivity contribution in [3.8, 4) is 28.4 Å². The molecule has 0 radical (unpaired) electrons. The van der Waals surface area contributed by atoms with Crippen LogP contribution < -0.4 is 14.2 Å². The molecule has 1 aliphatic carbocycles. The maximum Gasteiger partial charge on any atom is 0.432 e. The van der Waals surface area contributed by atoms with Crippen molar-refractivity contribution in [3.05, 3.63) is 77.4 Å². The minimum absolute atomic E-state index is 0.0738. The third kappa shape index (κ3) is 6.85. The summed E-state index contributed by atoms with van der Waals surface area (Å²) in [7, 11) is 0. The van der Waals surface area contributed by atoms with Crippen LogP contribution in [0.15, 0.2) is 48.5 Å². The van der Waals surface area contributed by atoms with Gasteiger partial charge in [-0.05, 0) is 86.4 Å². The summed E-state index contributed by atoms with van der Waals surface area (Å²) < 4.78 is 102. The third-order valence-corrected chi connectivity index (χ3v) is 7.24. The van der Waals surface area contributed by atoms with Crippen molar-refractivity contribution in [2.75, 3.05) is 13.2 Å². The van der Waals surface area contributed by atoms with E-state index in [0.29, 0.717) is 5.92 Å². The summed E-state index contributed by atoms with van der Waals surface area (Å²) in [6, 6.07) is 10.4. The Bertz CT molecular complexity index is 1290. The summed E-state index contributed by atoms with van der Waals surface area (Å²) in [6.45, 7) is 2.43. The lowest BCUT2D eigenvalue weighted by atomic mass is 9.77. The Morgan fingerprint density at radius 1 is 0.700 bits per heavy atom. The van der Waals surface area contributed by atoms with Crippen LogP contribution in [-0.4, -0.2) is 19.3 Å². The quantitative estimate of drug-likeness (QED) is 0.216. The molecule has 0 N–H and O–H groups in total. The van der Waals surface area contributed by atoms with E-state index in [1.807, 2.05) is 0 Å². The molecule has 1 fully saturated rings. The lowest BCUT2D eigenvalue weighted by Gasteiger charge is -2.28. The highest BCUT2D eigenvalue weighted by Crippen LogP contribution is 2.39. The van der Waals surface area contributed by atoms with E-state index in [1.54, 1.807) is 19.1 Å². The van der Waals surface area contributed by atoms with Crippen molar-refractivity contribution in [2.24, 2.45) is 5.92 Å². The van der Waals surface area contributed by atoms with Crippen molar-refractivity contribution in [2.45, 2.75) is 64.4 Å². The van der Waals surface area contributed by atoms with Crippen LogP contribution in [0.3, 0.4) is 0 Å². The largest absolute Gasteiger partial charge is 0.491 e. The molecule has 216 valence electrons. The van der Waals surface area contributed by atoms with Crippen molar-refractivity contribution in [1.29, 1.82) is 0 Å². The van der Waals surface area contributed by atoms with Gasteiger partial charge in [-0.1, -0.05) is 31.9 Å². The van der Waals surface area contributed by atoms with Gasteiger partial charge in [-0.25, -0.2) is 8.78 Å². The van der Waals surface area contributed by atoms with Crippen molar-refractivity contribution < 1.29 is 40.6 Å². The number of rotatable bonds is 11. The van der Waals surface area contributed by atoms with Gasteiger partial charge in [0.2, 0.25) is 11.6 Å². The van der Waals surface area contributed by atoms with Gasteiger partial charge in [0.1, 0.15) is 5.75 Å². The molecule has 0 saturated heterocycles. The Kier molecular flexibility index (Phi) is 9.53. The highest BCUT2D eigenvalue weighted by atomic mass is 19.3. The van der Waals surface area contributed by atoms with Crippen LogP contribution in [0.4, 0.5) is 26.3 Å². The highest BCUT2D eigenvalue weighted by molar-refractivity contribution is 5.67. The highest BCUT2D eigenvalue weighted by Gasteiger charge is 2.34. The molecular weight excluding hydrogens is 534 g/mol. The van der Waals surface area contributed by atoms with Crippen LogP contribution in [0.2, 0.25) is 0 Å². The van der Waals surface area contributed by atoms with Gasteiger partial charge in [-0.3, -0.25) is 0 Å². The monoisotopic (exact) mass is 566 g/mol. The molecule has 0 aromatic heterocycles. The summed E-state index contributed by atoms with van der Waals surface area (Å²) in [5, 5.41) is 0. The fraction of sp³-hybridized carbons (Fsp3) is 0.419. The Labute approximate surface area is 230 Å². The van der Waals surface area contributed by atoms with E-state index >= 15 is 0 Å². The van der Waals surface area contributed by atoms with Gasteiger partial charge in [-0.15, -0.1) is 0 Å². The molecule has 3 aromatic rings. The summed E-state index contributed by atoms with van der Waals surface area (Å²) >= 11 is 0. The Morgan fingerprint density at radius 3 is 1.77 bits per heavy atom. The van der Waals surface area contributed by atoms with Gasteiger partial charge in [-0.2, -0.15) is 17.6 Å². The molecule has 40 heavy (non-hydrogen) atoms. The summed E-state index contributed by atoms with van der Waals surface area (Å²) in [4.78, 5) is 0. The minimum atomic E-state index is -3.86. The first-order valence-corrected chi connectivity index (χ1v) is 13.5. The fourth-order valence-corrected chi connectivity index (χ4v) is 5.22. The number of hydrogen-bond acceptors (Lipinski definition) is 3.